The van der Waals surface area contributed by atoms with E-state index in [0.717, 1.165) is 10.9 Å². The molecule has 4 rings (SSSR count). The van der Waals surface area contributed by atoms with E-state index < -0.39 is 18.0 Å². The van der Waals surface area contributed by atoms with Crippen molar-refractivity contribution in [2.24, 2.45) is 7.05 Å². The highest BCUT2D eigenvalue weighted by molar-refractivity contribution is 6.06. The standard InChI is InChI=1S/C18H16N6O3/c1-10(17(25)23-16-14-15(20-8-19-14)21-9-22-16)27-18(26)12-7-24(2)13-6-4-3-5-11(12)13/h3-10H,1-2H3,(H2,19,20,21,22,23,25). The Kier molecular flexibility index (Phi) is 4.03. The van der Waals surface area contributed by atoms with Gasteiger partial charge < -0.3 is 19.6 Å². The lowest BCUT2D eigenvalue weighted by Gasteiger charge is -2.13. The maximum absolute atomic E-state index is 12.6. The van der Waals surface area contributed by atoms with Crippen molar-refractivity contribution in [3.63, 3.8) is 0 Å². The van der Waals surface area contributed by atoms with Crippen molar-refractivity contribution in [2.45, 2.75) is 13.0 Å². The largest absolute Gasteiger partial charge is 0.449 e. The number of ether oxygens (including phenoxy) is 1. The Hall–Kier alpha value is -3.75. The summed E-state index contributed by atoms with van der Waals surface area (Å²) in [6, 6.07) is 7.49. The van der Waals surface area contributed by atoms with Gasteiger partial charge in [0.05, 0.1) is 11.9 Å². The molecule has 1 atom stereocenters. The lowest BCUT2D eigenvalue weighted by Crippen LogP contribution is -2.30. The van der Waals surface area contributed by atoms with Crippen molar-refractivity contribution < 1.29 is 14.3 Å². The minimum atomic E-state index is -1.01. The summed E-state index contributed by atoms with van der Waals surface area (Å²) in [5, 5.41) is 3.40. The van der Waals surface area contributed by atoms with E-state index >= 15 is 0 Å². The van der Waals surface area contributed by atoms with E-state index in [1.807, 2.05) is 35.9 Å². The number of nitrogens with zero attached hydrogens (tertiary/aromatic N) is 4. The molecular formula is C18H16N6O3. The minimum absolute atomic E-state index is 0.274. The van der Waals surface area contributed by atoms with Gasteiger partial charge in [0.2, 0.25) is 0 Å². The smallest absolute Gasteiger partial charge is 0.341 e. The normalized spacial score (nSPS) is 12.2. The predicted octanol–water partition coefficient (Wildman–Crippen LogP) is 2.03. The molecule has 3 aromatic heterocycles. The van der Waals surface area contributed by atoms with Gasteiger partial charge in [-0.05, 0) is 13.0 Å². The SMILES string of the molecule is CC(OC(=O)c1cn(C)c2ccccc12)C(=O)Nc1ncnc2nc[nH]c12. The van der Waals surface area contributed by atoms with E-state index in [1.54, 1.807) is 6.20 Å². The molecule has 1 aromatic carbocycles. The Balaban J connectivity index is 1.51. The predicted molar refractivity (Wildman–Crippen MR) is 98.1 cm³/mol. The number of H-pyrrole nitrogens is 1. The molecule has 2 N–H and O–H groups in total. The summed E-state index contributed by atoms with van der Waals surface area (Å²) in [7, 11) is 1.85. The minimum Gasteiger partial charge on any atom is -0.449 e. The van der Waals surface area contributed by atoms with Gasteiger partial charge in [-0.15, -0.1) is 0 Å². The van der Waals surface area contributed by atoms with Crippen molar-refractivity contribution in [2.75, 3.05) is 5.32 Å². The first-order chi connectivity index (χ1) is 13.0. The number of anilines is 1. The van der Waals surface area contributed by atoms with Crippen molar-refractivity contribution in [1.29, 1.82) is 0 Å². The van der Waals surface area contributed by atoms with E-state index in [4.69, 9.17) is 4.74 Å². The van der Waals surface area contributed by atoms with Crippen LogP contribution in [0.5, 0.6) is 0 Å². The number of aromatic amines is 1. The maximum Gasteiger partial charge on any atom is 0.341 e. The fraction of sp³-hybridized carbons (Fsp3) is 0.167. The van der Waals surface area contributed by atoms with Crippen molar-refractivity contribution in [3.05, 3.63) is 48.7 Å². The number of hydrogen-bond acceptors (Lipinski definition) is 6. The molecule has 0 fully saturated rings. The fourth-order valence-corrected chi connectivity index (χ4v) is 2.86. The number of rotatable bonds is 4. The molecule has 0 aliphatic heterocycles. The number of fused-ring (bicyclic) bond motifs is 2. The number of carbonyl (C=O) groups is 2. The van der Waals surface area contributed by atoms with Gasteiger partial charge in [-0.2, -0.15) is 0 Å². The molecule has 0 aliphatic rings. The zero-order chi connectivity index (χ0) is 19.0. The highest BCUT2D eigenvalue weighted by Gasteiger charge is 2.23. The van der Waals surface area contributed by atoms with Crippen LogP contribution >= 0.6 is 0 Å². The molecule has 27 heavy (non-hydrogen) atoms. The van der Waals surface area contributed by atoms with Gasteiger partial charge in [-0.25, -0.2) is 19.7 Å². The Morgan fingerprint density at radius 3 is 2.89 bits per heavy atom. The van der Waals surface area contributed by atoms with Crippen molar-refractivity contribution in [1.82, 2.24) is 24.5 Å². The first-order valence-corrected chi connectivity index (χ1v) is 8.24. The second kappa shape index (κ2) is 6.52. The third kappa shape index (κ3) is 2.99. The van der Waals surface area contributed by atoms with Crippen LogP contribution in [0.3, 0.4) is 0 Å². The number of carbonyl (C=O) groups excluding carboxylic acids is 2. The zero-order valence-corrected chi connectivity index (χ0v) is 14.6. The van der Waals surface area contributed by atoms with Gasteiger partial charge in [0, 0.05) is 24.1 Å². The number of imidazole rings is 1. The number of amides is 1. The van der Waals surface area contributed by atoms with Crippen LogP contribution in [0.1, 0.15) is 17.3 Å². The van der Waals surface area contributed by atoms with Crippen LogP contribution in [0, 0.1) is 0 Å². The lowest BCUT2D eigenvalue weighted by atomic mass is 10.2. The Labute approximate surface area is 153 Å². The van der Waals surface area contributed by atoms with Gasteiger partial charge in [0.1, 0.15) is 11.8 Å². The Morgan fingerprint density at radius 2 is 2.04 bits per heavy atom. The van der Waals surface area contributed by atoms with Crippen LogP contribution < -0.4 is 5.32 Å². The molecule has 136 valence electrons. The summed E-state index contributed by atoms with van der Waals surface area (Å²) in [5.74, 6) is -0.794. The molecule has 1 unspecified atom stereocenters. The van der Waals surface area contributed by atoms with Gasteiger partial charge in [0.25, 0.3) is 5.91 Å². The number of nitrogens with one attached hydrogen (secondary N) is 2. The van der Waals surface area contributed by atoms with Crippen LogP contribution in [-0.4, -0.2) is 42.5 Å². The highest BCUT2D eigenvalue weighted by atomic mass is 16.5. The summed E-state index contributed by atoms with van der Waals surface area (Å²) < 4.78 is 7.19. The number of benzene rings is 1. The van der Waals surface area contributed by atoms with E-state index in [2.05, 4.69) is 25.3 Å². The van der Waals surface area contributed by atoms with Crippen molar-refractivity contribution in [3.8, 4) is 0 Å². The molecular weight excluding hydrogens is 348 g/mol. The summed E-state index contributed by atoms with van der Waals surface area (Å²) >= 11 is 0. The van der Waals surface area contributed by atoms with Crippen LogP contribution in [0.4, 0.5) is 5.82 Å². The molecule has 0 saturated heterocycles. The summed E-state index contributed by atoms with van der Waals surface area (Å²) in [6.45, 7) is 1.50. The molecule has 0 aliphatic carbocycles. The molecule has 1 amide bonds. The number of para-hydroxylation sites is 1. The van der Waals surface area contributed by atoms with Crippen LogP contribution in [-0.2, 0) is 16.6 Å². The highest BCUT2D eigenvalue weighted by Crippen LogP contribution is 2.22. The molecule has 0 bridgehead atoms. The van der Waals surface area contributed by atoms with E-state index in [1.165, 1.54) is 19.6 Å². The van der Waals surface area contributed by atoms with Crippen LogP contribution in [0.2, 0.25) is 0 Å². The van der Waals surface area contributed by atoms with E-state index in [0.29, 0.717) is 16.7 Å². The van der Waals surface area contributed by atoms with Gasteiger partial charge in [-0.3, -0.25) is 4.79 Å². The summed E-state index contributed by atoms with van der Waals surface area (Å²) in [5.41, 5.74) is 2.24. The summed E-state index contributed by atoms with van der Waals surface area (Å²) in [4.78, 5) is 39.8. The Morgan fingerprint density at radius 1 is 1.22 bits per heavy atom. The lowest BCUT2D eigenvalue weighted by molar-refractivity contribution is -0.123. The van der Waals surface area contributed by atoms with Gasteiger partial charge >= 0.3 is 5.97 Å². The van der Waals surface area contributed by atoms with Gasteiger partial charge in [-0.1, -0.05) is 18.2 Å². The molecule has 0 radical (unpaired) electrons. The average Bonchev–Trinajstić information content (AvgIpc) is 3.27. The average molecular weight is 364 g/mol. The van der Waals surface area contributed by atoms with Crippen LogP contribution in [0.15, 0.2) is 43.1 Å². The van der Waals surface area contributed by atoms with Crippen LogP contribution in [0.25, 0.3) is 22.1 Å². The fourth-order valence-electron chi connectivity index (χ4n) is 2.86. The second-order valence-electron chi connectivity index (χ2n) is 6.03. The molecule has 9 nitrogen and oxygen atoms in total. The monoisotopic (exact) mass is 364 g/mol. The topological polar surface area (TPSA) is 115 Å². The third-order valence-electron chi connectivity index (χ3n) is 4.23. The third-order valence-corrected chi connectivity index (χ3v) is 4.23. The molecule has 0 spiro atoms. The molecule has 0 saturated carbocycles. The first-order valence-electron chi connectivity index (χ1n) is 8.24. The number of aryl methyl sites for hydroxylation is 1. The Bertz CT molecular complexity index is 1160. The molecule has 9 heteroatoms. The van der Waals surface area contributed by atoms with E-state index in [-0.39, 0.29) is 5.82 Å². The summed E-state index contributed by atoms with van der Waals surface area (Å²) in [6.07, 6.45) is 3.44. The zero-order valence-electron chi connectivity index (χ0n) is 14.6. The number of hydrogen-bond donors (Lipinski definition) is 2. The maximum atomic E-state index is 12.6. The first kappa shape index (κ1) is 16.7. The number of esters is 1. The van der Waals surface area contributed by atoms with Gasteiger partial charge in [0.15, 0.2) is 17.6 Å². The second-order valence-corrected chi connectivity index (χ2v) is 6.03. The van der Waals surface area contributed by atoms with E-state index in [9.17, 15) is 9.59 Å². The quantitative estimate of drug-likeness (QED) is 0.536. The number of aromatic nitrogens is 5. The van der Waals surface area contributed by atoms with Crippen molar-refractivity contribution >= 4 is 39.8 Å². The molecule has 3 heterocycles. The molecule has 4 aromatic rings.